The molecule has 0 fully saturated rings. The number of anilines is 1. The number of hydrogen-bond acceptors (Lipinski definition) is 10. The number of carbonyl (C=O) groups is 4. The van der Waals surface area contributed by atoms with E-state index in [1.54, 1.807) is 14.0 Å². The maximum Gasteiger partial charge on any atom is 0.316 e. The fourth-order valence-electron chi connectivity index (χ4n) is 2.81. The highest BCUT2D eigenvalue weighted by atomic mass is 32.2. The van der Waals surface area contributed by atoms with Gasteiger partial charge >= 0.3 is 5.97 Å². The molecule has 0 radical (unpaired) electrons. The molecular formula is C19H20N4O6S2. The molecular weight excluding hydrogens is 444 g/mol. The first kappa shape index (κ1) is 22.8. The second-order valence-corrected chi connectivity index (χ2v) is 8.49. The number of aromatic nitrogens is 2. The zero-order valence-electron chi connectivity index (χ0n) is 16.9. The van der Waals surface area contributed by atoms with Crippen LogP contribution in [0.15, 0.2) is 22.5 Å². The number of amides is 3. The highest BCUT2D eigenvalue weighted by Crippen LogP contribution is 2.27. The zero-order valence-corrected chi connectivity index (χ0v) is 18.5. The van der Waals surface area contributed by atoms with Crippen LogP contribution in [0.4, 0.5) is 5.13 Å². The van der Waals surface area contributed by atoms with E-state index in [4.69, 9.17) is 9.47 Å². The van der Waals surface area contributed by atoms with E-state index in [1.807, 2.05) is 0 Å². The van der Waals surface area contributed by atoms with Gasteiger partial charge in [0.25, 0.3) is 17.7 Å². The lowest BCUT2D eigenvalue weighted by Crippen LogP contribution is -2.31. The SMILES string of the molecule is CCOC(=O)CSc1nnc(NC(=O)c2ccc3c(c2)C(=O)N(CCCOC)C3=O)s1. The summed E-state index contributed by atoms with van der Waals surface area (Å²) in [6, 6.07) is 4.36. The standard InChI is InChI=1S/C19H20N4O6S2/c1-3-29-14(24)10-30-19-22-21-18(31-19)20-15(25)11-5-6-12-13(9-11)17(27)23(16(12)26)7-4-8-28-2/h5-6,9H,3-4,7-8,10H2,1-2H3,(H,20,21,25). The third kappa shape index (κ3) is 5.46. The molecule has 1 aromatic heterocycles. The van der Waals surface area contributed by atoms with Crippen LogP contribution in [-0.4, -0.2) is 71.4 Å². The number of thioether (sulfide) groups is 1. The number of nitrogens with zero attached hydrogens (tertiary/aromatic N) is 3. The van der Waals surface area contributed by atoms with Gasteiger partial charge in [-0.1, -0.05) is 23.1 Å². The van der Waals surface area contributed by atoms with Crippen molar-refractivity contribution in [2.24, 2.45) is 0 Å². The maximum absolute atomic E-state index is 12.6. The van der Waals surface area contributed by atoms with Crippen molar-refractivity contribution >= 4 is 51.9 Å². The van der Waals surface area contributed by atoms with Crippen LogP contribution >= 0.6 is 23.1 Å². The van der Waals surface area contributed by atoms with E-state index in [1.165, 1.54) is 18.2 Å². The molecule has 0 aliphatic carbocycles. The Balaban J connectivity index is 1.64. The third-order valence-electron chi connectivity index (χ3n) is 4.21. The van der Waals surface area contributed by atoms with Gasteiger partial charge in [0, 0.05) is 25.8 Å². The molecule has 0 saturated heterocycles. The number of nitrogens with one attached hydrogen (secondary N) is 1. The van der Waals surface area contributed by atoms with Crippen LogP contribution in [0.25, 0.3) is 0 Å². The maximum atomic E-state index is 12.6. The van der Waals surface area contributed by atoms with Gasteiger partial charge in [-0.05, 0) is 31.5 Å². The number of esters is 1. The molecule has 12 heteroatoms. The number of carbonyl (C=O) groups excluding carboxylic acids is 4. The molecule has 3 amide bonds. The fraction of sp³-hybridized carbons (Fsp3) is 0.368. The number of fused-ring (bicyclic) bond motifs is 1. The average Bonchev–Trinajstić information content (AvgIpc) is 3.30. The summed E-state index contributed by atoms with van der Waals surface area (Å²) in [4.78, 5) is 50.2. The second kappa shape index (κ2) is 10.5. The van der Waals surface area contributed by atoms with Crippen molar-refractivity contribution in [1.82, 2.24) is 15.1 Å². The van der Waals surface area contributed by atoms with Crippen LogP contribution in [0.5, 0.6) is 0 Å². The number of methoxy groups -OCH3 is 1. The highest BCUT2D eigenvalue weighted by Gasteiger charge is 2.35. The molecule has 2 heterocycles. The molecule has 164 valence electrons. The van der Waals surface area contributed by atoms with Crippen molar-refractivity contribution in [3.05, 3.63) is 34.9 Å². The molecule has 2 aromatic rings. The van der Waals surface area contributed by atoms with Gasteiger partial charge in [-0.15, -0.1) is 10.2 Å². The molecule has 1 aromatic carbocycles. The van der Waals surface area contributed by atoms with E-state index < -0.39 is 11.8 Å². The van der Waals surface area contributed by atoms with Crippen LogP contribution in [-0.2, 0) is 14.3 Å². The second-order valence-electron chi connectivity index (χ2n) is 6.29. The number of hydrogen-bond donors (Lipinski definition) is 1. The summed E-state index contributed by atoms with van der Waals surface area (Å²) < 4.78 is 10.3. The van der Waals surface area contributed by atoms with E-state index in [0.29, 0.717) is 24.0 Å². The average molecular weight is 465 g/mol. The van der Waals surface area contributed by atoms with Crippen LogP contribution < -0.4 is 5.32 Å². The summed E-state index contributed by atoms with van der Waals surface area (Å²) >= 11 is 2.27. The van der Waals surface area contributed by atoms with Gasteiger partial charge in [0.05, 0.1) is 23.5 Å². The van der Waals surface area contributed by atoms with Gasteiger partial charge in [0.15, 0.2) is 4.34 Å². The van der Waals surface area contributed by atoms with Crippen LogP contribution in [0.1, 0.15) is 44.4 Å². The van der Waals surface area contributed by atoms with Crippen LogP contribution in [0.3, 0.4) is 0 Å². The predicted octanol–water partition coefficient (Wildman–Crippen LogP) is 2.08. The molecule has 0 spiro atoms. The van der Waals surface area contributed by atoms with Crippen molar-refractivity contribution in [2.45, 2.75) is 17.7 Å². The van der Waals surface area contributed by atoms with Crippen LogP contribution in [0, 0.1) is 0 Å². The molecule has 0 unspecified atom stereocenters. The normalized spacial score (nSPS) is 12.8. The summed E-state index contributed by atoms with van der Waals surface area (Å²) in [7, 11) is 1.55. The van der Waals surface area contributed by atoms with E-state index in [-0.39, 0.29) is 46.0 Å². The van der Waals surface area contributed by atoms with Crippen molar-refractivity contribution in [3.8, 4) is 0 Å². The number of imide groups is 1. The van der Waals surface area contributed by atoms with Gasteiger partial charge < -0.3 is 9.47 Å². The van der Waals surface area contributed by atoms with Crippen molar-refractivity contribution in [2.75, 3.05) is 37.9 Å². The van der Waals surface area contributed by atoms with Crippen LogP contribution in [0.2, 0.25) is 0 Å². The first-order chi connectivity index (χ1) is 14.9. The van der Waals surface area contributed by atoms with Crippen molar-refractivity contribution < 1.29 is 28.7 Å². The Hall–Kier alpha value is -2.83. The molecule has 3 rings (SSSR count). The minimum absolute atomic E-state index is 0.0955. The summed E-state index contributed by atoms with van der Waals surface area (Å²) in [5, 5.41) is 10.7. The number of benzene rings is 1. The molecule has 1 aliphatic heterocycles. The summed E-state index contributed by atoms with van der Waals surface area (Å²) in [5.41, 5.74) is 0.681. The molecule has 1 N–H and O–H groups in total. The quantitative estimate of drug-likeness (QED) is 0.185. The van der Waals surface area contributed by atoms with Gasteiger partial charge in [0.2, 0.25) is 5.13 Å². The monoisotopic (exact) mass is 464 g/mol. The number of ether oxygens (including phenoxy) is 2. The third-order valence-corrected chi connectivity index (χ3v) is 6.15. The number of rotatable bonds is 10. The highest BCUT2D eigenvalue weighted by molar-refractivity contribution is 8.01. The lowest BCUT2D eigenvalue weighted by Gasteiger charge is -2.12. The van der Waals surface area contributed by atoms with E-state index in [0.717, 1.165) is 28.0 Å². The first-order valence-corrected chi connectivity index (χ1v) is 11.2. The van der Waals surface area contributed by atoms with Gasteiger partial charge in [0.1, 0.15) is 0 Å². The van der Waals surface area contributed by atoms with Crippen molar-refractivity contribution in [1.29, 1.82) is 0 Å². The smallest absolute Gasteiger partial charge is 0.316 e. The topological polar surface area (TPSA) is 128 Å². The molecule has 0 saturated carbocycles. The molecule has 10 nitrogen and oxygen atoms in total. The summed E-state index contributed by atoms with van der Waals surface area (Å²) in [6.07, 6.45) is 0.531. The zero-order chi connectivity index (χ0) is 22.4. The lowest BCUT2D eigenvalue weighted by molar-refractivity contribution is -0.139. The minimum Gasteiger partial charge on any atom is -0.465 e. The molecule has 31 heavy (non-hydrogen) atoms. The molecule has 1 aliphatic rings. The fourth-order valence-corrected chi connectivity index (χ4v) is 4.36. The Morgan fingerprint density at radius 1 is 1.19 bits per heavy atom. The van der Waals surface area contributed by atoms with Crippen molar-refractivity contribution in [3.63, 3.8) is 0 Å². The summed E-state index contributed by atoms with van der Waals surface area (Å²) in [6.45, 7) is 2.71. The Kier molecular flexibility index (Phi) is 7.71. The Labute approximate surface area is 186 Å². The van der Waals surface area contributed by atoms with Gasteiger partial charge in [-0.3, -0.25) is 29.4 Å². The summed E-state index contributed by atoms with van der Waals surface area (Å²) in [5.74, 6) is -1.56. The Morgan fingerprint density at radius 2 is 1.97 bits per heavy atom. The Bertz CT molecular complexity index is 1010. The Morgan fingerprint density at radius 3 is 2.71 bits per heavy atom. The predicted molar refractivity (Wildman–Crippen MR) is 114 cm³/mol. The minimum atomic E-state index is -0.487. The largest absolute Gasteiger partial charge is 0.465 e. The lowest BCUT2D eigenvalue weighted by atomic mass is 10.1. The first-order valence-electron chi connectivity index (χ1n) is 9.37. The van der Waals surface area contributed by atoms with E-state index in [2.05, 4.69) is 15.5 Å². The molecule has 0 bridgehead atoms. The molecule has 0 atom stereocenters. The van der Waals surface area contributed by atoms with Gasteiger partial charge in [-0.2, -0.15) is 0 Å². The van der Waals surface area contributed by atoms with E-state index in [9.17, 15) is 19.2 Å². The van der Waals surface area contributed by atoms with Gasteiger partial charge in [-0.25, -0.2) is 0 Å². The van der Waals surface area contributed by atoms with E-state index >= 15 is 0 Å².